The summed E-state index contributed by atoms with van der Waals surface area (Å²) < 4.78 is 32.6. The third-order valence-corrected chi connectivity index (χ3v) is 9.51. The van der Waals surface area contributed by atoms with Gasteiger partial charge in [-0.05, 0) is 28.8 Å². The monoisotopic (exact) mass is 718 g/mol. The number of aromatic nitrogens is 2. The molecule has 3 N–H and O–H groups in total. The maximum absolute atomic E-state index is 13.3. The van der Waals surface area contributed by atoms with Crippen LogP contribution < -0.4 is 10.6 Å². The minimum atomic E-state index is -4.84. The number of thiazole rings is 1. The quantitative estimate of drug-likeness (QED) is 0.0438. The molecule has 2 atom stereocenters. The highest BCUT2D eigenvalue weighted by Crippen LogP contribution is 2.40. The highest BCUT2D eigenvalue weighted by atomic mass is 35.5. The van der Waals surface area contributed by atoms with Gasteiger partial charge in [-0.3, -0.25) is 19.1 Å². The summed E-state index contributed by atoms with van der Waals surface area (Å²) in [6.45, 7) is 0. The number of oxime groups is 1. The van der Waals surface area contributed by atoms with Gasteiger partial charge in [0.25, 0.3) is 11.8 Å². The van der Waals surface area contributed by atoms with Gasteiger partial charge in [0.05, 0.1) is 6.04 Å². The molecule has 5 aromatic rings. The highest BCUT2D eigenvalue weighted by molar-refractivity contribution is 7.84. The average Bonchev–Trinajstić information content (AvgIpc) is 3.60. The molecule has 1 saturated heterocycles. The van der Waals surface area contributed by atoms with E-state index in [0.29, 0.717) is 5.13 Å². The molecular formula is C34H31ClN6O6S2. The van der Waals surface area contributed by atoms with Gasteiger partial charge in [0.15, 0.2) is 10.8 Å². The normalized spacial score (nSPS) is 16.1. The number of rotatable bonds is 11. The molecule has 0 spiro atoms. The lowest BCUT2D eigenvalue weighted by Gasteiger charge is -2.43. The average molecular weight is 719 g/mol. The Kier molecular flexibility index (Phi) is 11.4. The zero-order valence-electron chi connectivity index (χ0n) is 26.0. The van der Waals surface area contributed by atoms with Gasteiger partial charge >= 0.3 is 10.3 Å². The van der Waals surface area contributed by atoms with Crippen LogP contribution in [0.3, 0.4) is 0 Å². The molecule has 0 radical (unpaired) electrons. The number of amides is 2. The van der Waals surface area contributed by atoms with E-state index in [1.165, 1.54) is 18.4 Å². The second-order valence-electron chi connectivity index (χ2n) is 10.4. The lowest BCUT2D eigenvalue weighted by molar-refractivity contribution is -0.143. The summed E-state index contributed by atoms with van der Waals surface area (Å²) in [7, 11) is -3.59. The first-order valence-corrected chi connectivity index (χ1v) is 17.6. The van der Waals surface area contributed by atoms with Crippen LogP contribution in [0.4, 0.5) is 5.13 Å². The fraction of sp³-hybridized carbons (Fsp3) is 0.147. The van der Waals surface area contributed by atoms with Gasteiger partial charge in [0.2, 0.25) is 0 Å². The van der Waals surface area contributed by atoms with Crippen molar-refractivity contribution in [3.63, 3.8) is 0 Å². The third kappa shape index (κ3) is 7.78. The van der Waals surface area contributed by atoms with Crippen LogP contribution in [-0.2, 0) is 30.3 Å². The largest absolute Gasteiger partial charge is 0.398 e. The van der Waals surface area contributed by atoms with Gasteiger partial charge in [0.1, 0.15) is 24.4 Å². The van der Waals surface area contributed by atoms with Gasteiger partial charge in [-0.15, -0.1) is 22.9 Å². The Labute approximate surface area is 292 Å². The molecule has 0 saturated carbocycles. The van der Waals surface area contributed by atoms with E-state index in [1.54, 1.807) is 17.8 Å². The SMILES string of the molecule is CO/N=C(\C(=O)NC1C(=O)N(S(=O)(=O)O)C1CCl)c1csc(NC(c2ccccc2)(c2ccccc2)c2ccccc2)n1.c1ccncc1. The molecule has 15 heteroatoms. The minimum absolute atomic E-state index is 0.149. The van der Waals surface area contributed by atoms with E-state index in [-0.39, 0.29) is 21.6 Å². The fourth-order valence-electron chi connectivity index (χ4n) is 5.31. The number of nitrogens with one attached hydrogen (secondary N) is 2. The van der Waals surface area contributed by atoms with Gasteiger partial charge in [-0.1, -0.05) is 102 Å². The fourth-order valence-corrected chi connectivity index (χ4v) is 7.34. The summed E-state index contributed by atoms with van der Waals surface area (Å²) in [4.78, 5) is 39.0. The van der Waals surface area contributed by atoms with Crippen molar-refractivity contribution >= 4 is 55.9 Å². The Bertz CT molecular complexity index is 1860. The number of carbonyl (C=O) groups excluding carboxylic acids is 2. The maximum atomic E-state index is 13.3. The van der Waals surface area contributed by atoms with Gasteiger partial charge < -0.3 is 15.5 Å². The molecule has 2 amide bonds. The number of carbonyl (C=O) groups is 2. The number of hydrogen-bond donors (Lipinski definition) is 3. The predicted octanol–water partition coefficient (Wildman–Crippen LogP) is 4.72. The van der Waals surface area contributed by atoms with Crippen molar-refractivity contribution in [2.75, 3.05) is 18.3 Å². The van der Waals surface area contributed by atoms with E-state index in [4.69, 9.17) is 16.4 Å². The topological polar surface area (TPSA) is 163 Å². The Morgan fingerprint density at radius 1 is 0.939 bits per heavy atom. The molecular weight excluding hydrogens is 688 g/mol. The van der Waals surface area contributed by atoms with Crippen molar-refractivity contribution in [1.29, 1.82) is 0 Å². The second-order valence-corrected chi connectivity index (χ2v) is 12.9. The minimum Gasteiger partial charge on any atom is -0.398 e. The third-order valence-electron chi connectivity index (χ3n) is 7.49. The van der Waals surface area contributed by atoms with E-state index in [2.05, 4.69) is 25.8 Å². The zero-order chi connectivity index (χ0) is 34.9. The Hall–Kier alpha value is -5.15. The molecule has 2 unspecified atom stereocenters. The van der Waals surface area contributed by atoms with Crippen LogP contribution in [0.15, 0.2) is 132 Å². The number of benzene rings is 3. The van der Waals surface area contributed by atoms with Crippen molar-refractivity contribution in [1.82, 2.24) is 19.6 Å². The van der Waals surface area contributed by atoms with Crippen LogP contribution >= 0.6 is 22.9 Å². The molecule has 0 aliphatic carbocycles. The molecule has 1 aliphatic heterocycles. The van der Waals surface area contributed by atoms with Crippen molar-refractivity contribution < 1.29 is 27.4 Å². The Morgan fingerprint density at radius 2 is 1.45 bits per heavy atom. The number of anilines is 1. The van der Waals surface area contributed by atoms with E-state index in [1.807, 2.05) is 109 Å². The molecule has 3 heterocycles. The Morgan fingerprint density at radius 3 is 1.86 bits per heavy atom. The van der Waals surface area contributed by atoms with E-state index in [0.717, 1.165) is 16.7 Å². The zero-order valence-corrected chi connectivity index (χ0v) is 28.3. The molecule has 2 aromatic heterocycles. The molecule has 1 aliphatic rings. The number of hydrogen-bond acceptors (Lipinski definition) is 10. The Balaban J connectivity index is 0.000000704. The standard InChI is InChI=1S/C29H26ClN5O6S2.C5H5N/c1-41-34-24(26(36)32-25-23(17-30)35(27(25)37)43(38,39)40)22-18-42-28(31-22)33-29(19-11-5-2-6-12-19,20-13-7-3-8-14-20)21-15-9-4-10-16-21;1-2-4-6-5-3-1/h2-16,18,23,25H,17H2,1H3,(H,31,33)(H,32,36)(H,38,39,40);1-5H/b34-24-;. The first kappa shape index (κ1) is 35.2. The van der Waals surface area contributed by atoms with Gasteiger partial charge in [-0.2, -0.15) is 8.42 Å². The summed E-state index contributed by atoms with van der Waals surface area (Å²) in [5.41, 5.74) is 1.88. The van der Waals surface area contributed by atoms with E-state index >= 15 is 0 Å². The van der Waals surface area contributed by atoms with Crippen LogP contribution in [0, 0.1) is 0 Å². The molecule has 252 valence electrons. The van der Waals surface area contributed by atoms with Gasteiger partial charge in [-0.25, -0.2) is 9.29 Å². The second kappa shape index (κ2) is 15.8. The summed E-state index contributed by atoms with van der Waals surface area (Å²) >= 11 is 7.06. The number of nitrogens with zero attached hydrogens (tertiary/aromatic N) is 4. The summed E-state index contributed by atoms with van der Waals surface area (Å²) in [6.07, 6.45) is 3.50. The van der Waals surface area contributed by atoms with Crippen LogP contribution in [0.5, 0.6) is 0 Å². The van der Waals surface area contributed by atoms with Crippen LogP contribution in [-0.4, -0.2) is 69.8 Å². The first-order valence-electron chi connectivity index (χ1n) is 14.7. The van der Waals surface area contributed by atoms with Crippen molar-refractivity contribution in [2.45, 2.75) is 17.6 Å². The maximum Gasteiger partial charge on any atom is 0.362 e. The van der Waals surface area contributed by atoms with Crippen molar-refractivity contribution in [3.8, 4) is 0 Å². The number of halogens is 1. The number of pyridine rings is 1. The molecule has 6 rings (SSSR count). The molecule has 0 bridgehead atoms. The first-order chi connectivity index (χ1) is 23.7. The highest BCUT2D eigenvalue weighted by Gasteiger charge is 2.53. The van der Waals surface area contributed by atoms with E-state index < -0.39 is 39.7 Å². The molecule has 12 nitrogen and oxygen atoms in total. The van der Waals surface area contributed by atoms with E-state index in [9.17, 15) is 22.6 Å². The predicted molar refractivity (Wildman–Crippen MR) is 188 cm³/mol. The van der Waals surface area contributed by atoms with Crippen molar-refractivity contribution in [2.24, 2.45) is 5.16 Å². The number of alkyl halides is 1. The van der Waals surface area contributed by atoms with Gasteiger partial charge in [0, 0.05) is 23.7 Å². The van der Waals surface area contributed by atoms with Crippen LogP contribution in [0.2, 0.25) is 0 Å². The molecule has 1 fully saturated rings. The summed E-state index contributed by atoms with van der Waals surface area (Å²) in [5, 5.41) is 11.9. The number of β-lactam (4-membered cyclic amide) rings is 1. The molecule has 49 heavy (non-hydrogen) atoms. The lowest BCUT2D eigenvalue weighted by atomic mass is 9.77. The van der Waals surface area contributed by atoms with Crippen molar-refractivity contribution in [3.05, 3.63) is 149 Å². The lowest BCUT2D eigenvalue weighted by Crippen LogP contribution is -2.73. The summed E-state index contributed by atoms with van der Waals surface area (Å²) in [5.74, 6) is -2.22. The molecule has 3 aromatic carbocycles. The van der Waals surface area contributed by atoms with Crippen LogP contribution in [0.25, 0.3) is 0 Å². The van der Waals surface area contributed by atoms with Crippen LogP contribution in [0.1, 0.15) is 22.4 Å². The summed E-state index contributed by atoms with van der Waals surface area (Å²) in [6, 6.07) is 32.9. The smallest absolute Gasteiger partial charge is 0.362 e.